The summed E-state index contributed by atoms with van der Waals surface area (Å²) in [4.78, 5) is 4.62. The normalized spacial score (nSPS) is 13.0. The molecule has 1 aliphatic rings. The lowest BCUT2D eigenvalue weighted by atomic mass is 9.93. The summed E-state index contributed by atoms with van der Waals surface area (Å²) < 4.78 is 6.27. The number of ether oxygens (including phenoxy) is 1. The van der Waals surface area contributed by atoms with E-state index in [0.717, 1.165) is 58.6 Å². The van der Waals surface area contributed by atoms with Crippen molar-refractivity contribution in [2.45, 2.75) is 13.3 Å². The van der Waals surface area contributed by atoms with Crippen molar-refractivity contribution in [3.8, 4) is 16.9 Å². The van der Waals surface area contributed by atoms with Gasteiger partial charge in [0.05, 0.1) is 23.7 Å². The van der Waals surface area contributed by atoms with Gasteiger partial charge in [0.25, 0.3) is 0 Å². The second-order valence-electron chi connectivity index (χ2n) is 6.48. The van der Waals surface area contributed by atoms with Crippen LogP contribution in [0.5, 0.6) is 5.75 Å². The minimum Gasteiger partial charge on any atom is -0.492 e. The fourth-order valence-electron chi connectivity index (χ4n) is 3.40. The minimum atomic E-state index is 0. The van der Waals surface area contributed by atoms with Crippen LogP contribution in [-0.4, -0.2) is 25.5 Å². The van der Waals surface area contributed by atoms with Gasteiger partial charge >= 0.3 is 0 Å². The SMILES string of the molecule is CCCOc1c(C2=NCCN2)cc2ccccc2c1-c1ccc(Cl)cc1Cl.Cl. The molecule has 0 radical (unpaired) electrons. The molecule has 1 N–H and O–H groups in total. The number of halogens is 3. The third kappa shape index (κ3) is 3.93. The zero-order valence-electron chi connectivity index (χ0n) is 15.5. The predicted octanol–water partition coefficient (Wildman–Crippen LogP) is 6.37. The summed E-state index contributed by atoms with van der Waals surface area (Å²) >= 11 is 12.7. The average molecular weight is 436 g/mol. The van der Waals surface area contributed by atoms with Gasteiger partial charge in [0, 0.05) is 22.7 Å². The van der Waals surface area contributed by atoms with Gasteiger partial charge in [0.2, 0.25) is 0 Å². The lowest BCUT2D eigenvalue weighted by Gasteiger charge is -2.20. The van der Waals surface area contributed by atoms with E-state index in [1.807, 2.05) is 24.3 Å². The first kappa shape index (κ1) is 20.8. The van der Waals surface area contributed by atoms with Gasteiger partial charge in [-0.1, -0.05) is 60.5 Å². The molecule has 0 saturated carbocycles. The fourth-order valence-corrected chi connectivity index (χ4v) is 3.90. The highest BCUT2D eigenvalue weighted by Crippen LogP contribution is 2.43. The number of benzene rings is 3. The van der Waals surface area contributed by atoms with Crippen LogP contribution >= 0.6 is 35.6 Å². The maximum absolute atomic E-state index is 6.60. The minimum absolute atomic E-state index is 0. The van der Waals surface area contributed by atoms with E-state index in [1.54, 1.807) is 6.07 Å². The molecule has 0 amide bonds. The molecule has 0 atom stereocenters. The molecule has 28 heavy (non-hydrogen) atoms. The summed E-state index contributed by atoms with van der Waals surface area (Å²) in [6.07, 6.45) is 0.917. The van der Waals surface area contributed by atoms with E-state index in [9.17, 15) is 0 Å². The molecule has 3 aromatic rings. The monoisotopic (exact) mass is 434 g/mol. The Morgan fingerprint density at radius 3 is 2.61 bits per heavy atom. The number of fused-ring (bicyclic) bond motifs is 1. The maximum atomic E-state index is 6.60. The van der Waals surface area contributed by atoms with Crippen LogP contribution in [0.4, 0.5) is 0 Å². The molecule has 0 saturated heterocycles. The van der Waals surface area contributed by atoms with E-state index in [4.69, 9.17) is 27.9 Å². The Morgan fingerprint density at radius 2 is 1.89 bits per heavy atom. The first-order valence-electron chi connectivity index (χ1n) is 9.11. The van der Waals surface area contributed by atoms with E-state index in [2.05, 4.69) is 35.4 Å². The van der Waals surface area contributed by atoms with Crippen molar-refractivity contribution >= 4 is 52.2 Å². The van der Waals surface area contributed by atoms with E-state index < -0.39 is 0 Å². The molecule has 0 spiro atoms. The Hall–Kier alpha value is -1.94. The Bertz CT molecular complexity index is 1030. The summed E-state index contributed by atoms with van der Waals surface area (Å²) in [6, 6.07) is 16.0. The van der Waals surface area contributed by atoms with E-state index >= 15 is 0 Å². The van der Waals surface area contributed by atoms with E-state index in [1.165, 1.54) is 0 Å². The Labute approximate surface area is 181 Å². The molecule has 1 aliphatic heterocycles. The molecule has 6 heteroatoms. The Balaban J connectivity index is 0.00000225. The van der Waals surface area contributed by atoms with Crippen LogP contribution in [0.15, 0.2) is 53.5 Å². The smallest absolute Gasteiger partial charge is 0.138 e. The molecule has 3 nitrogen and oxygen atoms in total. The second kappa shape index (κ2) is 9.04. The van der Waals surface area contributed by atoms with Crippen LogP contribution in [0.25, 0.3) is 21.9 Å². The topological polar surface area (TPSA) is 33.6 Å². The molecule has 3 aromatic carbocycles. The number of amidine groups is 1. The van der Waals surface area contributed by atoms with E-state index in [-0.39, 0.29) is 12.4 Å². The van der Waals surface area contributed by atoms with Crippen LogP contribution in [0.2, 0.25) is 10.0 Å². The largest absolute Gasteiger partial charge is 0.492 e. The molecule has 0 bridgehead atoms. The number of hydrogen-bond donors (Lipinski definition) is 1. The van der Waals surface area contributed by atoms with Gasteiger partial charge in [0.15, 0.2) is 0 Å². The standard InChI is InChI=1S/C22H20Cl2N2O.ClH/c1-2-11-27-21-18(22-25-9-10-26-22)12-14-5-3-4-6-16(14)20(21)17-8-7-15(23)13-19(17)24;/h3-8,12-13H,2,9-11H2,1H3,(H,25,26);1H. The van der Waals surface area contributed by atoms with Gasteiger partial charge in [-0.3, -0.25) is 4.99 Å². The van der Waals surface area contributed by atoms with Crippen LogP contribution in [0.3, 0.4) is 0 Å². The predicted molar refractivity (Wildman–Crippen MR) is 122 cm³/mol. The van der Waals surface area contributed by atoms with E-state index in [0.29, 0.717) is 16.7 Å². The fraction of sp³-hybridized carbons (Fsp3) is 0.227. The van der Waals surface area contributed by atoms with Gasteiger partial charge < -0.3 is 10.1 Å². The first-order chi connectivity index (χ1) is 13.2. The molecule has 1 heterocycles. The van der Waals surface area contributed by atoms with Crippen molar-refractivity contribution < 1.29 is 4.74 Å². The lowest BCUT2D eigenvalue weighted by molar-refractivity contribution is 0.318. The summed E-state index contributed by atoms with van der Waals surface area (Å²) in [7, 11) is 0. The van der Waals surface area contributed by atoms with Gasteiger partial charge in [-0.25, -0.2) is 0 Å². The highest BCUT2D eigenvalue weighted by atomic mass is 35.5. The van der Waals surface area contributed by atoms with Gasteiger partial charge in [0.1, 0.15) is 11.6 Å². The molecule has 0 unspecified atom stereocenters. The second-order valence-corrected chi connectivity index (χ2v) is 7.32. The Morgan fingerprint density at radius 1 is 1.07 bits per heavy atom. The van der Waals surface area contributed by atoms with Crippen LogP contribution < -0.4 is 10.1 Å². The molecule has 0 aromatic heterocycles. The summed E-state index contributed by atoms with van der Waals surface area (Å²) in [5.41, 5.74) is 2.86. The molecule has 0 fully saturated rings. The zero-order chi connectivity index (χ0) is 18.8. The number of rotatable bonds is 5. The summed E-state index contributed by atoms with van der Waals surface area (Å²) in [5.74, 6) is 1.69. The van der Waals surface area contributed by atoms with Crippen molar-refractivity contribution in [3.63, 3.8) is 0 Å². The van der Waals surface area contributed by atoms with Gasteiger partial charge in [-0.15, -0.1) is 12.4 Å². The Kier molecular flexibility index (Phi) is 6.71. The van der Waals surface area contributed by atoms with Crippen molar-refractivity contribution in [2.75, 3.05) is 19.7 Å². The van der Waals surface area contributed by atoms with Crippen molar-refractivity contribution in [1.82, 2.24) is 5.32 Å². The molecule has 0 aliphatic carbocycles. The van der Waals surface area contributed by atoms with Gasteiger partial charge in [-0.05, 0) is 35.4 Å². The third-order valence-corrected chi connectivity index (χ3v) is 5.13. The third-order valence-electron chi connectivity index (χ3n) is 4.58. The number of nitrogens with zero attached hydrogens (tertiary/aromatic N) is 1. The number of aliphatic imine (C=N–C) groups is 1. The average Bonchev–Trinajstić information content (AvgIpc) is 3.20. The highest BCUT2D eigenvalue weighted by molar-refractivity contribution is 6.37. The van der Waals surface area contributed by atoms with Crippen LogP contribution in [0.1, 0.15) is 18.9 Å². The molecule has 4 rings (SSSR count). The van der Waals surface area contributed by atoms with Gasteiger partial charge in [-0.2, -0.15) is 0 Å². The first-order valence-corrected chi connectivity index (χ1v) is 9.87. The summed E-state index contributed by atoms with van der Waals surface area (Å²) in [5, 5.41) is 6.80. The van der Waals surface area contributed by atoms with Crippen molar-refractivity contribution in [1.29, 1.82) is 0 Å². The maximum Gasteiger partial charge on any atom is 0.138 e. The quantitative estimate of drug-likeness (QED) is 0.505. The van der Waals surface area contributed by atoms with Crippen LogP contribution in [0, 0.1) is 0 Å². The highest BCUT2D eigenvalue weighted by Gasteiger charge is 2.22. The number of nitrogens with one attached hydrogen (secondary N) is 1. The van der Waals surface area contributed by atoms with Crippen LogP contribution in [-0.2, 0) is 0 Å². The van der Waals surface area contributed by atoms with Crippen molar-refractivity contribution in [3.05, 3.63) is 64.1 Å². The lowest BCUT2D eigenvalue weighted by Crippen LogP contribution is -2.21. The number of hydrogen-bond acceptors (Lipinski definition) is 3. The summed E-state index contributed by atoms with van der Waals surface area (Å²) in [6.45, 7) is 4.33. The molecular weight excluding hydrogens is 415 g/mol. The van der Waals surface area contributed by atoms with Crippen molar-refractivity contribution in [2.24, 2.45) is 4.99 Å². The zero-order valence-corrected chi connectivity index (χ0v) is 17.8. The molecular formula is C22H21Cl3N2O. The molecule has 146 valence electrons.